The summed E-state index contributed by atoms with van der Waals surface area (Å²) < 4.78 is 2.09. The maximum Gasteiger partial charge on any atom is 0.306 e. The van der Waals surface area contributed by atoms with Gasteiger partial charge >= 0.3 is 5.97 Å². The van der Waals surface area contributed by atoms with Crippen LogP contribution in [0.25, 0.3) is 5.57 Å². The Bertz CT molecular complexity index is 1760. The molecule has 0 saturated carbocycles. The van der Waals surface area contributed by atoms with E-state index in [2.05, 4.69) is 61.8 Å². The van der Waals surface area contributed by atoms with Crippen LogP contribution in [0, 0.1) is 12.8 Å². The molecule has 1 amide bonds. The predicted molar refractivity (Wildman–Crippen MR) is 167 cm³/mol. The number of fused-ring (bicyclic) bond motifs is 3. The molecule has 0 atom stereocenters. The molecule has 41 heavy (non-hydrogen) atoms. The number of carboxylic acid groups (broad SMARTS) is 1. The number of benzene rings is 3. The lowest BCUT2D eigenvalue weighted by Gasteiger charge is -2.35. The third kappa shape index (κ3) is 4.47. The predicted octanol–water partition coefficient (Wildman–Crippen LogP) is 3.06. The van der Waals surface area contributed by atoms with Crippen molar-refractivity contribution in [3.63, 3.8) is 0 Å². The number of carbonyl (C=O) groups is 2. The first-order valence-corrected chi connectivity index (χ1v) is 17.7. The molecule has 3 aromatic rings. The number of likely N-dealkylation sites (tertiary alicyclic amines) is 1. The summed E-state index contributed by atoms with van der Waals surface area (Å²) in [7, 11) is -0.0680. The fourth-order valence-electron chi connectivity index (χ4n) is 6.88. The van der Waals surface area contributed by atoms with E-state index in [-0.39, 0.29) is 11.8 Å². The van der Waals surface area contributed by atoms with E-state index in [4.69, 9.17) is 4.99 Å². The van der Waals surface area contributed by atoms with Gasteiger partial charge in [-0.3, -0.25) is 9.59 Å². The SMILES string of the molecule is CCCc1cc2c(cc1C)C(c1ccccc1C(=O)N1CCC(C(=O)O)CC1)=c1cc3c(cc1[Si]2(C)C)=[N+](C)C=N3. The van der Waals surface area contributed by atoms with Gasteiger partial charge in [0.15, 0.2) is 5.36 Å². The third-order valence-electron chi connectivity index (χ3n) is 9.30. The van der Waals surface area contributed by atoms with E-state index in [0.29, 0.717) is 31.5 Å². The molecular weight excluding hydrogens is 526 g/mol. The monoisotopic (exact) mass is 564 g/mol. The molecule has 6 rings (SSSR count). The summed E-state index contributed by atoms with van der Waals surface area (Å²) >= 11 is 0. The fourth-order valence-corrected chi connectivity index (χ4v) is 9.94. The second-order valence-corrected chi connectivity index (χ2v) is 16.6. The topological polar surface area (TPSA) is 73.0 Å². The van der Waals surface area contributed by atoms with E-state index < -0.39 is 14.0 Å². The number of carboxylic acids is 1. The Kier molecular flexibility index (Phi) is 6.81. The molecule has 210 valence electrons. The van der Waals surface area contributed by atoms with Gasteiger partial charge in [0.2, 0.25) is 5.69 Å². The van der Waals surface area contributed by atoms with Gasteiger partial charge < -0.3 is 10.0 Å². The van der Waals surface area contributed by atoms with Crippen molar-refractivity contribution in [2.24, 2.45) is 10.9 Å². The van der Waals surface area contributed by atoms with Crippen molar-refractivity contribution in [1.82, 2.24) is 9.48 Å². The lowest BCUT2D eigenvalue weighted by molar-refractivity contribution is -0.143. The summed E-state index contributed by atoms with van der Waals surface area (Å²) in [5.74, 6) is -1.18. The van der Waals surface area contributed by atoms with Crippen molar-refractivity contribution in [2.75, 3.05) is 20.1 Å². The second kappa shape index (κ2) is 10.2. The van der Waals surface area contributed by atoms with Crippen molar-refractivity contribution in [1.29, 1.82) is 0 Å². The standard InChI is InChI=1S/C34H37N3O3Si/c1-6-9-23-17-30-26(16-21(23)2)32(27-18-28-29(36(3)20-35-28)19-31(27)41(30,4)5)24-10-7-8-11-25(24)33(38)37-14-12-22(13-15-37)34(39)40/h7-8,10-11,16-20,22H,6,9,12-15H2,1-5H3/p+1. The van der Waals surface area contributed by atoms with Crippen LogP contribution in [0.4, 0.5) is 5.69 Å². The molecule has 0 aliphatic carbocycles. The first-order valence-electron chi connectivity index (χ1n) is 14.7. The van der Waals surface area contributed by atoms with Gasteiger partial charge in [-0.1, -0.05) is 56.8 Å². The van der Waals surface area contributed by atoms with E-state index in [0.717, 1.165) is 35.0 Å². The molecule has 6 nitrogen and oxygen atoms in total. The number of carbonyl (C=O) groups excluding carboxylic acids is 1. The third-order valence-corrected chi connectivity index (χ3v) is 12.8. The highest BCUT2D eigenvalue weighted by atomic mass is 28.3. The molecule has 1 fully saturated rings. The van der Waals surface area contributed by atoms with Crippen LogP contribution in [0.1, 0.15) is 58.8 Å². The highest BCUT2D eigenvalue weighted by Crippen LogP contribution is 2.31. The Hall–Kier alpha value is -3.84. The normalized spacial score (nSPS) is 17.3. The number of aliphatic imine (C=N–C) groups is 1. The molecule has 0 spiro atoms. The largest absolute Gasteiger partial charge is 0.481 e. The molecule has 0 radical (unpaired) electrons. The molecule has 0 bridgehead atoms. The highest BCUT2D eigenvalue weighted by molar-refractivity contribution is 7.01. The van der Waals surface area contributed by atoms with Crippen LogP contribution in [-0.4, -0.2) is 56.4 Å². The van der Waals surface area contributed by atoms with Crippen molar-refractivity contribution in [2.45, 2.75) is 52.6 Å². The number of aryl methyl sites for hydroxylation is 2. The summed E-state index contributed by atoms with van der Waals surface area (Å²) in [6.07, 6.45) is 5.00. The van der Waals surface area contributed by atoms with Crippen LogP contribution in [0.3, 0.4) is 0 Å². The van der Waals surface area contributed by atoms with Crippen LogP contribution in [0.15, 0.2) is 53.5 Å². The number of amides is 1. The minimum atomic E-state index is -2.11. The minimum absolute atomic E-state index is 0.0274. The van der Waals surface area contributed by atoms with Crippen LogP contribution in [0.2, 0.25) is 13.1 Å². The Morgan fingerprint density at radius 3 is 2.49 bits per heavy atom. The molecule has 3 aromatic carbocycles. The molecule has 3 aliphatic rings. The van der Waals surface area contributed by atoms with Gasteiger partial charge in [0.25, 0.3) is 12.2 Å². The number of nitrogens with zero attached hydrogens (tertiary/aromatic N) is 3. The number of aliphatic carboxylic acids is 1. The summed E-state index contributed by atoms with van der Waals surface area (Å²) in [6.45, 7) is 10.2. The first kappa shape index (κ1) is 27.3. The molecule has 7 heteroatoms. The lowest BCUT2D eigenvalue weighted by Crippen LogP contribution is -2.63. The van der Waals surface area contributed by atoms with E-state index in [9.17, 15) is 14.7 Å². The Balaban J connectivity index is 1.61. The van der Waals surface area contributed by atoms with Crippen LogP contribution in [0.5, 0.6) is 0 Å². The number of hydrogen-bond donors (Lipinski definition) is 1. The zero-order valence-corrected chi connectivity index (χ0v) is 25.6. The Morgan fingerprint density at radius 2 is 1.78 bits per heavy atom. The van der Waals surface area contributed by atoms with Gasteiger partial charge in [0.1, 0.15) is 8.07 Å². The van der Waals surface area contributed by atoms with Gasteiger partial charge in [-0.25, -0.2) is 4.58 Å². The zero-order valence-electron chi connectivity index (χ0n) is 24.6. The van der Waals surface area contributed by atoms with Crippen LogP contribution < -0.4 is 25.5 Å². The average molecular weight is 565 g/mol. The van der Waals surface area contributed by atoms with Crippen LogP contribution in [-0.2, 0) is 11.2 Å². The average Bonchev–Trinajstić information content (AvgIpc) is 3.33. The quantitative estimate of drug-likeness (QED) is 0.383. The molecule has 0 unspecified atom stereocenters. The van der Waals surface area contributed by atoms with E-state index >= 15 is 0 Å². The summed E-state index contributed by atoms with van der Waals surface area (Å²) in [4.78, 5) is 32.1. The summed E-state index contributed by atoms with van der Waals surface area (Å²) in [5, 5.41) is 14.5. The maximum absolute atomic E-state index is 14.1. The number of rotatable bonds is 5. The molecule has 1 N–H and O–H groups in total. The maximum atomic E-state index is 14.1. The van der Waals surface area contributed by atoms with Gasteiger partial charge in [-0.2, -0.15) is 0 Å². The first-order chi connectivity index (χ1) is 19.6. The van der Waals surface area contributed by atoms with Crippen molar-refractivity contribution in [3.05, 3.63) is 86.9 Å². The van der Waals surface area contributed by atoms with Crippen LogP contribution >= 0.6 is 0 Å². The van der Waals surface area contributed by atoms with Crippen molar-refractivity contribution >= 4 is 47.9 Å². The molecular formula is C34H38N3O3Si+. The van der Waals surface area contributed by atoms with E-state index in [1.54, 1.807) is 0 Å². The Morgan fingerprint density at radius 1 is 1.05 bits per heavy atom. The van der Waals surface area contributed by atoms with Gasteiger partial charge in [0, 0.05) is 24.7 Å². The summed E-state index contributed by atoms with van der Waals surface area (Å²) in [6, 6.07) is 17.3. The highest BCUT2D eigenvalue weighted by Gasteiger charge is 2.38. The van der Waals surface area contributed by atoms with Gasteiger partial charge in [0.05, 0.1) is 13.0 Å². The van der Waals surface area contributed by atoms with Crippen molar-refractivity contribution in [3.8, 4) is 0 Å². The smallest absolute Gasteiger partial charge is 0.306 e. The number of hydrogen-bond acceptors (Lipinski definition) is 3. The van der Waals surface area contributed by atoms with E-state index in [1.807, 2.05) is 36.5 Å². The fraction of sp³-hybridized carbons (Fsp3) is 0.353. The number of piperidine rings is 1. The van der Waals surface area contributed by atoms with Gasteiger partial charge in [-0.15, -0.1) is 0 Å². The Labute approximate surface area is 242 Å². The second-order valence-electron chi connectivity index (χ2n) is 12.3. The van der Waals surface area contributed by atoms with Gasteiger partial charge in [-0.05, 0) is 86.7 Å². The molecule has 0 aromatic heterocycles. The van der Waals surface area contributed by atoms with Crippen molar-refractivity contribution < 1.29 is 14.7 Å². The molecule has 3 heterocycles. The minimum Gasteiger partial charge on any atom is -0.481 e. The van der Waals surface area contributed by atoms with E-state index in [1.165, 1.54) is 32.3 Å². The zero-order chi connectivity index (χ0) is 29.1. The summed E-state index contributed by atoms with van der Waals surface area (Å²) in [5.41, 5.74) is 7.58. The molecule has 3 aliphatic heterocycles. The molecule has 1 saturated heterocycles. The lowest BCUT2D eigenvalue weighted by atomic mass is 9.88.